The Balaban J connectivity index is 1.66. The number of carbonyl (C=O) groups excluding carboxylic acids is 2. The maximum Gasteiger partial charge on any atom is 0.291 e. The number of piperidine rings is 1. The van der Waals surface area contributed by atoms with E-state index in [0.29, 0.717) is 5.78 Å². The molecule has 0 radical (unpaired) electrons. The summed E-state index contributed by atoms with van der Waals surface area (Å²) in [6.07, 6.45) is 3.21. The van der Waals surface area contributed by atoms with E-state index in [-0.39, 0.29) is 18.3 Å². The van der Waals surface area contributed by atoms with Crippen molar-refractivity contribution in [3.05, 3.63) is 23.3 Å². The summed E-state index contributed by atoms with van der Waals surface area (Å²) in [5.74, 6) is -0.113. The molecule has 0 spiro atoms. The second kappa shape index (κ2) is 6.31. The molecule has 1 aliphatic heterocycles. The third-order valence-electron chi connectivity index (χ3n) is 3.93. The summed E-state index contributed by atoms with van der Waals surface area (Å²) < 4.78 is 1.52. The van der Waals surface area contributed by atoms with Crippen molar-refractivity contribution in [3.8, 4) is 0 Å². The molecule has 0 aliphatic carbocycles. The summed E-state index contributed by atoms with van der Waals surface area (Å²) in [6.45, 7) is 5.24. The molecule has 2 aromatic heterocycles. The highest BCUT2D eigenvalue weighted by Gasteiger charge is 2.19. The van der Waals surface area contributed by atoms with Gasteiger partial charge in [-0.25, -0.2) is 9.50 Å². The standard InChI is InChI=1S/C15H20N6O2/c1-10-8-11(2)21-15(17-10)18-13(19-21)14(23)16-9-12(22)20-6-4-3-5-7-20/h8H,3-7,9H2,1-2H3,(H,16,23). The van der Waals surface area contributed by atoms with Crippen molar-refractivity contribution in [2.75, 3.05) is 19.6 Å². The zero-order chi connectivity index (χ0) is 16.4. The molecule has 8 nitrogen and oxygen atoms in total. The van der Waals surface area contributed by atoms with Gasteiger partial charge in [-0.05, 0) is 39.2 Å². The van der Waals surface area contributed by atoms with Crippen LogP contribution in [-0.4, -0.2) is 55.9 Å². The van der Waals surface area contributed by atoms with Crippen molar-refractivity contribution >= 4 is 17.6 Å². The van der Waals surface area contributed by atoms with Gasteiger partial charge in [-0.15, -0.1) is 5.10 Å². The van der Waals surface area contributed by atoms with Crippen LogP contribution < -0.4 is 5.32 Å². The maximum atomic E-state index is 12.1. The van der Waals surface area contributed by atoms with E-state index in [1.165, 1.54) is 4.52 Å². The van der Waals surface area contributed by atoms with Gasteiger partial charge in [-0.2, -0.15) is 4.98 Å². The molecule has 0 bridgehead atoms. The van der Waals surface area contributed by atoms with E-state index in [0.717, 1.165) is 43.7 Å². The number of carbonyl (C=O) groups is 2. The second-order valence-electron chi connectivity index (χ2n) is 5.81. The number of rotatable bonds is 3. The van der Waals surface area contributed by atoms with Gasteiger partial charge in [-0.3, -0.25) is 9.59 Å². The van der Waals surface area contributed by atoms with Gasteiger partial charge in [0.15, 0.2) is 0 Å². The lowest BCUT2D eigenvalue weighted by Gasteiger charge is -2.26. The zero-order valence-corrected chi connectivity index (χ0v) is 13.4. The number of likely N-dealkylation sites (tertiary alicyclic amines) is 1. The minimum atomic E-state index is -0.460. The van der Waals surface area contributed by atoms with Crippen molar-refractivity contribution in [2.24, 2.45) is 0 Å². The molecule has 122 valence electrons. The van der Waals surface area contributed by atoms with Gasteiger partial charge >= 0.3 is 0 Å². The lowest BCUT2D eigenvalue weighted by atomic mass is 10.1. The topological polar surface area (TPSA) is 92.5 Å². The summed E-state index contributed by atoms with van der Waals surface area (Å²) in [7, 11) is 0. The first-order chi connectivity index (χ1) is 11.0. The number of amides is 2. The number of hydrogen-bond acceptors (Lipinski definition) is 5. The molecule has 1 fully saturated rings. The van der Waals surface area contributed by atoms with Gasteiger partial charge in [0.2, 0.25) is 11.7 Å². The maximum absolute atomic E-state index is 12.1. The van der Waals surface area contributed by atoms with Crippen LogP contribution in [-0.2, 0) is 4.79 Å². The number of fused-ring (bicyclic) bond motifs is 1. The fourth-order valence-corrected chi connectivity index (χ4v) is 2.75. The van der Waals surface area contributed by atoms with Crippen LogP contribution in [0, 0.1) is 13.8 Å². The zero-order valence-electron chi connectivity index (χ0n) is 13.4. The van der Waals surface area contributed by atoms with Crippen molar-refractivity contribution in [2.45, 2.75) is 33.1 Å². The lowest BCUT2D eigenvalue weighted by molar-refractivity contribution is -0.130. The SMILES string of the molecule is Cc1cc(C)n2nc(C(=O)NCC(=O)N3CCCCC3)nc2n1. The third kappa shape index (κ3) is 3.30. The molecule has 0 unspecified atom stereocenters. The Bertz CT molecular complexity index is 748. The first-order valence-electron chi connectivity index (χ1n) is 7.81. The van der Waals surface area contributed by atoms with E-state index in [1.54, 1.807) is 4.90 Å². The molecule has 2 amide bonds. The Labute approximate surface area is 133 Å². The molecular weight excluding hydrogens is 296 g/mol. The predicted octanol–water partition coefficient (Wildman–Crippen LogP) is 0.483. The monoisotopic (exact) mass is 316 g/mol. The van der Waals surface area contributed by atoms with E-state index in [9.17, 15) is 9.59 Å². The Morgan fingerprint density at radius 1 is 1.17 bits per heavy atom. The van der Waals surface area contributed by atoms with E-state index in [4.69, 9.17) is 0 Å². The summed E-state index contributed by atoms with van der Waals surface area (Å²) in [5.41, 5.74) is 1.66. The van der Waals surface area contributed by atoms with E-state index in [1.807, 2.05) is 19.9 Å². The summed E-state index contributed by atoms with van der Waals surface area (Å²) in [5, 5.41) is 6.74. The molecule has 3 heterocycles. The fraction of sp³-hybridized carbons (Fsp3) is 0.533. The molecule has 1 saturated heterocycles. The van der Waals surface area contributed by atoms with Crippen LogP contribution in [0.25, 0.3) is 5.78 Å². The first-order valence-corrected chi connectivity index (χ1v) is 7.81. The predicted molar refractivity (Wildman–Crippen MR) is 83.0 cm³/mol. The minimum Gasteiger partial charge on any atom is -0.341 e. The summed E-state index contributed by atoms with van der Waals surface area (Å²) >= 11 is 0. The van der Waals surface area contributed by atoms with Crippen LogP contribution in [0.3, 0.4) is 0 Å². The molecular formula is C15H20N6O2. The van der Waals surface area contributed by atoms with Gasteiger partial charge in [0, 0.05) is 24.5 Å². The van der Waals surface area contributed by atoms with Crippen LogP contribution in [0.15, 0.2) is 6.07 Å². The molecule has 1 aliphatic rings. The number of nitrogens with zero attached hydrogens (tertiary/aromatic N) is 5. The lowest BCUT2D eigenvalue weighted by Crippen LogP contribution is -2.42. The highest BCUT2D eigenvalue weighted by molar-refractivity contribution is 5.93. The Hall–Kier alpha value is -2.51. The van der Waals surface area contributed by atoms with Crippen molar-refractivity contribution in [1.82, 2.24) is 29.8 Å². The second-order valence-corrected chi connectivity index (χ2v) is 5.81. The van der Waals surface area contributed by atoms with Gasteiger partial charge in [-0.1, -0.05) is 0 Å². The average molecular weight is 316 g/mol. The van der Waals surface area contributed by atoms with Gasteiger partial charge in [0.1, 0.15) is 0 Å². The van der Waals surface area contributed by atoms with Crippen LogP contribution in [0.4, 0.5) is 0 Å². The van der Waals surface area contributed by atoms with Crippen LogP contribution in [0.2, 0.25) is 0 Å². The highest BCUT2D eigenvalue weighted by Crippen LogP contribution is 2.08. The Morgan fingerprint density at radius 2 is 1.91 bits per heavy atom. The number of hydrogen-bond donors (Lipinski definition) is 1. The first kappa shape index (κ1) is 15.4. The molecule has 8 heteroatoms. The molecule has 0 saturated carbocycles. The molecule has 3 rings (SSSR count). The highest BCUT2D eigenvalue weighted by atomic mass is 16.2. The Kier molecular flexibility index (Phi) is 4.22. The van der Waals surface area contributed by atoms with Crippen LogP contribution >= 0.6 is 0 Å². The van der Waals surface area contributed by atoms with E-state index in [2.05, 4.69) is 20.4 Å². The van der Waals surface area contributed by atoms with E-state index >= 15 is 0 Å². The molecule has 23 heavy (non-hydrogen) atoms. The minimum absolute atomic E-state index is 0.0256. The summed E-state index contributed by atoms with van der Waals surface area (Å²) in [6, 6.07) is 1.86. The average Bonchev–Trinajstić information content (AvgIpc) is 2.97. The molecule has 1 N–H and O–H groups in total. The van der Waals surface area contributed by atoms with Gasteiger partial charge in [0.05, 0.1) is 6.54 Å². The van der Waals surface area contributed by atoms with Crippen LogP contribution in [0.5, 0.6) is 0 Å². The number of aryl methyl sites for hydroxylation is 2. The molecule has 0 atom stereocenters. The van der Waals surface area contributed by atoms with E-state index < -0.39 is 5.91 Å². The smallest absolute Gasteiger partial charge is 0.291 e. The summed E-state index contributed by atoms with van der Waals surface area (Å²) in [4.78, 5) is 34.4. The number of aromatic nitrogens is 4. The fourth-order valence-electron chi connectivity index (χ4n) is 2.75. The molecule has 2 aromatic rings. The van der Waals surface area contributed by atoms with Crippen molar-refractivity contribution in [3.63, 3.8) is 0 Å². The van der Waals surface area contributed by atoms with Gasteiger partial charge in [0.25, 0.3) is 11.7 Å². The third-order valence-corrected chi connectivity index (χ3v) is 3.93. The van der Waals surface area contributed by atoms with Crippen LogP contribution in [0.1, 0.15) is 41.3 Å². The normalized spacial score (nSPS) is 15.0. The number of nitrogens with one attached hydrogen (secondary N) is 1. The van der Waals surface area contributed by atoms with Gasteiger partial charge < -0.3 is 10.2 Å². The van der Waals surface area contributed by atoms with Crippen molar-refractivity contribution in [1.29, 1.82) is 0 Å². The molecule has 0 aromatic carbocycles. The Morgan fingerprint density at radius 3 is 2.65 bits per heavy atom. The largest absolute Gasteiger partial charge is 0.341 e. The van der Waals surface area contributed by atoms with Crippen molar-refractivity contribution < 1.29 is 9.59 Å². The quantitative estimate of drug-likeness (QED) is 0.889.